The number of hydrogen-bond acceptors (Lipinski definition) is 3. The average Bonchev–Trinajstić information content (AvgIpc) is 3.64. The first-order chi connectivity index (χ1) is 15.1. The summed E-state index contributed by atoms with van der Waals surface area (Å²) >= 11 is 0. The van der Waals surface area contributed by atoms with Crippen molar-refractivity contribution in [2.75, 3.05) is 5.32 Å². The molecule has 0 heterocycles. The van der Waals surface area contributed by atoms with Crippen LogP contribution in [-0.4, -0.2) is 34.7 Å². The number of nitrogens with zero attached hydrogens (tertiary/aromatic N) is 1. The van der Waals surface area contributed by atoms with Gasteiger partial charge in [0.05, 0.1) is 0 Å². The van der Waals surface area contributed by atoms with Gasteiger partial charge in [0.25, 0.3) is 11.8 Å². The third-order valence-electron chi connectivity index (χ3n) is 6.08. The van der Waals surface area contributed by atoms with E-state index in [4.69, 9.17) is 0 Å². The van der Waals surface area contributed by atoms with Gasteiger partial charge in [-0.05, 0) is 80.5 Å². The van der Waals surface area contributed by atoms with Crippen LogP contribution in [0.15, 0.2) is 48.5 Å². The quantitative estimate of drug-likeness (QED) is 0.687. The van der Waals surface area contributed by atoms with Crippen molar-refractivity contribution >= 4 is 23.4 Å². The highest BCUT2D eigenvalue weighted by Crippen LogP contribution is 2.31. The fourth-order valence-corrected chi connectivity index (χ4v) is 3.66. The van der Waals surface area contributed by atoms with Crippen LogP contribution in [-0.2, 0) is 11.3 Å². The van der Waals surface area contributed by atoms with Crippen LogP contribution in [0.1, 0.15) is 64.8 Å². The van der Waals surface area contributed by atoms with Crippen molar-refractivity contribution in [1.29, 1.82) is 0 Å². The van der Waals surface area contributed by atoms with Gasteiger partial charge < -0.3 is 15.5 Å². The van der Waals surface area contributed by atoms with Crippen LogP contribution in [0.2, 0.25) is 0 Å². The van der Waals surface area contributed by atoms with Crippen LogP contribution in [0.3, 0.4) is 0 Å². The number of nitrogens with one attached hydrogen (secondary N) is 2. The van der Waals surface area contributed by atoms with Gasteiger partial charge in [-0.15, -0.1) is 0 Å². The predicted octanol–water partition coefficient (Wildman–Crippen LogP) is 3.73. The van der Waals surface area contributed by atoms with Crippen LogP contribution in [0.5, 0.6) is 0 Å². The average molecular weight is 418 g/mol. The molecule has 2 aromatic carbocycles. The van der Waals surface area contributed by atoms with E-state index in [1.54, 1.807) is 24.3 Å². The number of anilines is 1. The van der Waals surface area contributed by atoms with Gasteiger partial charge in [-0.3, -0.25) is 14.4 Å². The van der Waals surface area contributed by atoms with Gasteiger partial charge in [0.2, 0.25) is 5.91 Å². The maximum Gasteiger partial charge on any atom is 0.254 e. The zero-order valence-corrected chi connectivity index (χ0v) is 17.5. The van der Waals surface area contributed by atoms with Gasteiger partial charge in [0.1, 0.15) is 0 Å². The van der Waals surface area contributed by atoms with E-state index in [2.05, 4.69) is 10.6 Å². The summed E-state index contributed by atoms with van der Waals surface area (Å²) in [7, 11) is 0. The topological polar surface area (TPSA) is 78.5 Å². The van der Waals surface area contributed by atoms with Gasteiger partial charge in [0.15, 0.2) is 0 Å². The molecule has 3 aliphatic carbocycles. The molecule has 0 unspecified atom stereocenters. The fraction of sp³-hybridized carbons (Fsp3) is 0.400. The van der Waals surface area contributed by atoms with E-state index >= 15 is 0 Å². The second kappa shape index (κ2) is 8.17. The Labute approximate surface area is 182 Å². The number of amides is 3. The lowest BCUT2D eigenvalue weighted by atomic mass is 10.1. The summed E-state index contributed by atoms with van der Waals surface area (Å²) in [5, 5.41) is 5.90. The molecule has 31 heavy (non-hydrogen) atoms. The number of rotatable bonds is 8. The minimum absolute atomic E-state index is 0.00174. The molecule has 0 bridgehead atoms. The molecule has 3 fully saturated rings. The van der Waals surface area contributed by atoms with Gasteiger partial charge >= 0.3 is 0 Å². The number of hydrogen-bond donors (Lipinski definition) is 2. The summed E-state index contributed by atoms with van der Waals surface area (Å²) in [4.78, 5) is 39.2. The molecule has 3 aliphatic rings. The van der Waals surface area contributed by atoms with Crippen LogP contribution < -0.4 is 10.6 Å². The number of benzene rings is 2. The zero-order valence-electron chi connectivity index (χ0n) is 17.5. The highest BCUT2D eigenvalue weighted by molar-refractivity contribution is 5.97. The third-order valence-corrected chi connectivity index (χ3v) is 6.08. The minimum atomic E-state index is -0.0296. The molecule has 0 spiro atoms. The molecule has 0 saturated heterocycles. The summed E-state index contributed by atoms with van der Waals surface area (Å²) in [6.45, 7) is 0.522. The molecule has 2 N–H and O–H groups in total. The zero-order chi connectivity index (χ0) is 21.4. The molecule has 6 nitrogen and oxygen atoms in total. The van der Waals surface area contributed by atoms with E-state index in [1.807, 2.05) is 29.2 Å². The van der Waals surface area contributed by atoms with Gasteiger partial charge in [-0.2, -0.15) is 0 Å². The molecule has 3 saturated carbocycles. The van der Waals surface area contributed by atoms with Crippen LogP contribution in [0.25, 0.3) is 0 Å². The Balaban J connectivity index is 1.23. The first-order valence-corrected chi connectivity index (χ1v) is 11.2. The van der Waals surface area contributed by atoms with E-state index in [-0.39, 0.29) is 29.7 Å². The fourth-order valence-electron chi connectivity index (χ4n) is 3.66. The van der Waals surface area contributed by atoms with E-state index in [1.165, 1.54) is 0 Å². The largest absolute Gasteiger partial charge is 0.349 e. The van der Waals surface area contributed by atoms with Crippen LogP contribution in [0, 0.1) is 5.92 Å². The highest BCUT2D eigenvalue weighted by Gasteiger charge is 2.33. The molecule has 6 heteroatoms. The molecule has 0 aromatic heterocycles. The molecule has 0 aliphatic heterocycles. The van der Waals surface area contributed by atoms with Crippen molar-refractivity contribution in [3.05, 3.63) is 65.2 Å². The maximum atomic E-state index is 13.2. The molecule has 3 amide bonds. The maximum absolute atomic E-state index is 13.2. The molecule has 5 rings (SSSR count). The van der Waals surface area contributed by atoms with E-state index in [0.29, 0.717) is 23.7 Å². The second-order valence-corrected chi connectivity index (χ2v) is 8.95. The standard InChI is InChI=1S/C25H27N3O3/c29-23(27-21-11-12-21)17-3-1-16(2-4-17)15-28(22-13-14-22)25(31)19-7-9-20(10-8-19)26-24(30)18-5-6-18/h1-4,7-10,18,21-22H,5-6,11-15H2,(H,26,30)(H,27,29). The van der Waals surface area contributed by atoms with E-state index < -0.39 is 0 Å². The normalized spacial score (nSPS) is 17.7. The molecule has 2 aromatic rings. The Morgan fingerprint density at radius 1 is 0.806 bits per heavy atom. The highest BCUT2D eigenvalue weighted by atomic mass is 16.2. The van der Waals surface area contributed by atoms with Crippen molar-refractivity contribution in [3.63, 3.8) is 0 Å². The lowest BCUT2D eigenvalue weighted by Gasteiger charge is -2.23. The molecule has 0 radical (unpaired) electrons. The molecule has 0 atom stereocenters. The monoisotopic (exact) mass is 417 g/mol. The van der Waals surface area contributed by atoms with Gasteiger partial charge in [0, 0.05) is 41.4 Å². The van der Waals surface area contributed by atoms with Gasteiger partial charge in [-0.25, -0.2) is 0 Å². The van der Waals surface area contributed by atoms with Crippen LogP contribution >= 0.6 is 0 Å². The first kappa shape index (κ1) is 19.8. The van der Waals surface area contributed by atoms with E-state index in [0.717, 1.165) is 49.8 Å². The molecule has 160 valence electrons. The van der Waals surface area contributed by atoms with E-state index in [9.17, 15) is 14.4 Å². The Morgan fingerprint density at radius 2 is 1.45 bits per heavy atom. The smallest absolute Gasteiger partial charge is 0.254 e. The number of carbonyl (C=O) groups excluding carboxylic acids is 3. The summed E-state index contributed by atoms with van der Waals surface area (Å²) in [6, 6.07) is 15.3. The van der Waals surface area contributed by atoms with Crippen LogP contribution in [0.4, 0.5) is 5.69 Å². The van der Waals surface area contributed by atoms with Crippen molar-refractivity contribution in [2.24, 2.45) is 5.92 Å². The molecular weight excluding hydrogens is 390 g/mol. The lowest BCUT2D eigenvalue weighted by molar-refractivity contribution is -0.117. The van der Waals surface area contributed by atoms with Crippen molar-refractivity contribution in [3.8, 4) is 0 Å². The summed E-state index contributed by atoms with van der Waals surface area (Å²) in [6.07, 6.45) is 6.09. The summed E-state index contributed by atoms with van der Waals surface area (Å²) in [5.41, 5.74) is 3.02. The van der Waals surface area contributed by atoms with Crippen molar-refractivity contribution in [1.82, 2.24) is 10.2 Å². The lowest BCUT2D eigenvalue weighted by Crippen LogP contribution is -2.32. The Bertz CT molecular complexity index is 988. The summed E-state index contributed by atoms with van der Waals surface area (Å²) in [5.74, 6) is 0.182. The summed E-state index contributed by atoms with van der Waals surface area (Å²) < 4.78 is 0. The minimum Gasteiger partial charge on any atom is -0.349 e. The van der Waals surface area contributed by atoms with Gasteiger partial charge in [-0.1, -0.05) is 12.1 Å². The molecular formula is C25H27N3O3. The van der Waals surface area contributed by atoms with Crippen molar-refractivity contribution < 1.29 is 14.4 Å². The Hall–Kier alpha value is -3.15. The Morgan fingerprint density at radius 3 is 2.03 bits per heavy atom. The predicted molar refractivity (Wildman–Crippen MR) is 118 cm³/mol. The third kappa shape index (κ3) is 4.95. The van der Waals surface area contributed by atoms with Crippen molar-refractivity contribution in [2.45, 2.75) is 57.2 Å². The Kier molecular flexibility index (Phi) is 5.22. The second-order valence-electron chi connectivity index (χ2n) is 8.95. The SMILES string of the molecule is O=C(NC1CC1)c1ccc(CN(C(=O)c2ccc(NC(=O)C3CC3)cc2)C2CC2)cc1. The first-order valence-electron chi connectivity index (χ1n) is 11.2. The number of carbonyl (C=O) groups is 3.